The smallest absolute Gasteiger partial charge is 0.233 e. The molecule has 2 fully saturated rings. The maximum absolute atomic E-state index is 12.6. The second kappa shape index (κ2) is 5.15. The van der Waals surface area contributed by atoms with Crippen LogP contribution < -0.4 is 5.32 Å². The monoisotopic (exact) mass is 312 g/mol. The van der Waals surface area contributed by atoms with Crippen LogP contribution in [0.5, 0.6) is 0 Å². The number of fused-ring (bicyclic) bond motifs is 5. The highest BCUT2D eigenvalue weighted by Crippen LogP contribution is 2.52. The Kier molecular flexibility index (Phi) is 3.21. The Balaban J connectivity index is 1.40. The van der Waals surface area contributed by atoms with Crippen LogP contribution in [0, 0.1) is 37.5 Å². The van der Waals surface area contributed by atoms with E-state index in [1.54, 1.807) is 0 Å². The van der Waals surface area contributed by atoms with Crippen LogP contribution in [0.4, 0.5) is 5.95 Å². The lowest BCUT2D eigenvalue weighted by Gasteiger charge is -2.17. The van der Waals surface area contributed by atoms with Gasteiger partial charge in [-0.2, -0.15) is 0 Å². The van der Waals surface area contributed by atoms with Crippen molar-refractivity contribution in [2.75, 3.05) is 18.4 Å². The molecule has 23 heavy (non-hydrogen) atoms. The van der Waals surface area contributed by atoms with Gasteiger partial charge in [-0.1, -0.05) is 12.2 Å². The Bertz CT molecular complexity index is 664. The molecule has 1 aromatic heterocycles. The van der Waals surface area contributed by atoms with Gasteiger partial charge in [-0.3, -0.25) is 14.5 Å². The number of allylic oxidation sites excluding steroid dienone is 2. The summed E-state index contributed by atoms with van der Waals surface area (Å²) in [5, 5.41) is 3.11. The molecule has 4 rings (SSSR count). The topological polar surface area (TPSA) is 75.2 Å². The van der Waals surface area contributed by atoms with E-state index in [4.69, 9.17) is 0 Å². The van der Waals surface area contributed by atoms with Crippen LogP contribution >= 0.6 is 0 Å². The van der Waals surface area contributed by atoms with Crippen LogP contribution in [0.3, 0.4) is 0 Å². The number of hydrogen-bond acceptors (Lipinski definition) is 5. The van der Waals surface area contributed by atoms with Crippen molar-refractivity contribution in [3.63, 3.8) is 0 Å². The summed E-state index contributed by atoms with van der Waals surface area (Å²) in [5.41, 5.74) is 1.79. The van der Waals surface area contributed by atoms with Gasteiger partial charge in [0.15, 0.2) is 0 Å². The van der Waals surface area contributed by atoms with Crippen molar-refractivity contribution in [1.29, 1.82) is 0 Å². The van der Waals surface area contributed by atoms with Gasteiger partial charge in [0.05, 0.1) is 11.8 Å². The average molecular weight is 312 g/mol. The van der Waals surface area contributed by atoms with Crippen molar-refractivity contribution in [2.45, 2.75) is 20.3 Å². The lowest BCUT2D eigenvalue weighted by Crippen LogP contribution is -2.36. The fourth-order valence-corrected chi connectivity index (χ4v) is 4.27. The molecule has 0 radical (unpaired) electrons. The number of imide groups is 1. The fourth-order valence-electron chi connectivity index (χ4n) is 4.27. The van der Waals surface area contributed by atoms with Crippen molar-refractivity contribution in [3.05, 3.63) is 29.6 Å². The van der Waals surface area contributed by atoms with E-state index in [1.807, 2.05) is 19.9 Å². The number of anilines is 1. The Morgan fingerprint density at radius 3 is 2.22 bits per heavy atom. The van der Waals surface area contributed by atoms with E-state index in [-0.39, 0.29) is 35.5 Å². The number of carbonyl (C=O) groups excluding carboxylic acids is 2. The van der Waals surface area contributed by atoms with E-state index in [0.717, 1.165) is 17.8 Å². The molecule has 2 aliphatic carbocycles. The van der Waals surface area contributed by atoms with Crippen molar-refractivity contribution in [3.8, 4) is 0 Å². The first-order chi connectivity index (χ1) is 11.0. The van der Waals surface area contributed by atoms with E-state index in [0.29, 0.717) is 19.0 Å². The quantitative estimate of drug-likeness (QED) is 0.670. The Morgan fingerprint density at radius 2 is 1.65 bits per heavy atom. The van der Waals surface area contributed by atoms with Crippen LogP contribution in [0.15, 0.2) is 18.2 Å². The second-order valence-electron chi connectivity index (χ2n) is 6.73. The van der Waals surface area contributed by atoms with Gasteiger partial charge in [-0.05, 0) is 38.2 Å². The van der Waals surface area contributed by atoms with E-state index in [1.165, 1.54) is 4.90 Å². The predicted molar refractivity (Wildman–Crippen MR) is 84.4 cm³/mol. The van der Waals surface area contributed by atoms with Crippen LogP contribution in [-0.2, 0) is 9.59 Å². The third kappa shape index (κ3) is 2.24. The fraction of sp³-hybridized carbons (Fsp3) is 0.529. The highest BCUT2D eigenvalue weighted by molar-refractivity contribution is 6.06. The van der Waals surface area contributed by atoms with E-state index in [9.17, 15) is 9.59 Å². The Morgan fingerprint density at radius 1 is 1.09 bits per heavy atom. The molecule has 1 aromatic rings. The van der Waals surface area contributed by atoms with Crippen LogP contribution in [-0.4, -0.2) is 39.8 Å². The molecule has 2 bridgehead atoms. The lowest BCUT2D eigenvalue weighted by molar-refractivity contribution is -0.140. The first-order valence-corrected chi connectivity index (χ1v) is 8.14. The van der Waals surface area contributed by atoms with Gasteiger partial charge in [0, 0.05) is 24.5 Å². The predicted octanol–water partition coefficient (Wildman–Crippen LogP) is 1.31. The molecule has 2 heterocycles. The zero-order valence-electron chi connectivity index (χ0n) is 13.3. The van der Waals surface area contributed by atoms with Crippen LogP contribution in [0.2, 0.25) is 0 Å². The summed E-state index contributed by atoms with van der Waals surface area (Å²) >= 11 is 0. The molecular weight excluding hydrogens is 292 g/mol. The molecule has 4 atom stereocenters. The van der Waals surface area contributed by atoms with E-state index >= 15 is 0 Å². The zero-order valence-corrected chi connectivity index (χ0v) is 13.3. The molecule has 6 heteroatoms. The number of nitrogens with zero attached hydrogens (tertiary/aromatic N) is 3. The molecule has 3 aliphatic rings. The van der Waals surface area contributed by atoms with Crippen molar-refractivity contribution >= 4 is 17.8 Å². The van der Waals surface area contributed by atoms with Gasteiger partial charge in [0.1, 0.15) is 0 Å². The van der Waals surface area contributed by atoms with Gasteiger partial charge < -0.3 is 5.32 Å². The van der Waals surface area contributed by atoms with E-state index < -0.39 is 0 Å². The maximum atomic E-state index is 12.6. The third-order valence-electron chi connectivity index (χ3n) is 5.16. The molecule has 120 valence electrons. The zero-order chi connectivity index (χ0) is 16.1. The molecule has 0 unspecified atom stereocenters. The van der Waals surface area contributed by atoms with Gasteiger partial charge in [0.2, 0.25) is 17.8 Å². The SMILES string of the molecule is Cc1cc(C)nc(NCCN2C(=O)[C@@H]3[C@H](C2=O)[C@H]2C=C[C@H]3C2)n1. The summed E-state index contributed by atoms with van der Waals surface area (Å²) in [5.74, 6) is 0.845. The first kappa shape index (κ1) is 14.4. The molecule has 1 saturated heterocycles. The molecule has 1 saturated carbocycles. The molecule has 1 N–H and O–H groups in total. The lowest BCUT2D eigenvalue weighted by atomic mass is 9.85. The number of hydrogen-bond donors (Lipinski definition) is 1. The van der Waals surface area contributed by atoms with Gasteiger partial charge >= 0.3 is 0 Å². The minimum Gasteiger partial charge on any atom is -0.352 e. The molecule has 0 spiro atoms. The number of carbonyl (C=O) groups is 2. The van der Waals surface area contributed by atoms with Crippen molar-refractivity contribution < 1.29 is 9.59 Å². The summed E-state index contributed by atoms with van der Waals surface area (Å²) in [6, 6.07) is 1.91. The first-order valence-electron chi connectivity index (χ1n) is 8.14. The second-order valence-corrected chi connectivity index (χ2v) is 6.73. The molecular formula is C17H20N4O2. The minimum absolute atomic E-state index is 0.00000819. The summed E-state index contributed by atoms with van der Waals surface area (Å²) in [4.78, 5) is 35.1. The number of rotatable bonds is 4. The largest absolute Gasteiger partial charge is 0.352 e. The highest BCUT2D eigenvalue weighted by atomic mass is 16.2. The van der Waals surface area contributed by atoms with Crippen molar-refractivity contribution in [2.24, 2.45) is 23.7 Å². The summed E-state index contributed by atoms with van der Waals surface area (Å²) < 4.78 is 0. The number of likely N-dealkylation sites (tertiary alicyclic amines) is 1. The van der Waals surface area contributed by atoms with Gasteiger partial charge in [-0.25, -0.2) is 9.97 Å². The van der Waals surface area contributed by atoms with Crippen molar-refractivity contribution in [1.82, 2.24) is 14.9 Å². The van der Waals surface area contributed by atoms with Gasteiger partial charge in [-0.15, -0.1) is 0 Å². The standard InChI is InChI=1S/C17H20N4O2/c1-9-7-10(2)20-17(19-9)18-5-6-21-15(22)13-11-3-4-12(8-11)14(13)16(21)23/h3-4,7,11-14H,5-6,8H2,1-2H3,(H,18,19,20)/t11-,12-,13-,14+/m0/s1. The summed E-state index contributed by atoms with van der Waals surface area (Å²) in [6.45, 7) is 4.68. The molecule has 0 aromatic carbocycles. The normalized spacial score (nSPS) is 31.1. The molecule has 6 nitrogen and oxygen atoms in total. The Hall–Kier alpha value is -2.24. The summed E-state index contributed by atoms with van der Waals surface area (Å²) in [7, 11) is 0. The highest BCUT2D eigenvalue weighted by Gasteiger charge is 2.58. The number of amides is 2. The van der Waals surface area contributed by atoms with Gasteiger partial charge in [0.25, 0.3) is 0 Å². The third-order valence-corrected chi connectivity index (χ3v) is 5.16. The van der Waals surface area contributed by atoms with Crippen LogP contribution in [0.25, 0.3) is 0 Å². The number of aryl methyl sites for hydroxylation is 2. The van der Waals surface area contributed by atoms with E-state index in [2.05, 4.69) is 27.4 Å². The number of nitrogens with one attached hydrogen (secondary N) is 1. The Labute approximate surface area is 135 Å². The number of aromatic nitrogens is 2. The van der Waals surface area contributed by atoms with Crippen LogP contribution in [0.1, 0.15) is 17.8 Å². The molecule has 2 amide bonds. The average Bonchev–Trinajstić information content (AvgIpc) is 3.15. The molecule has 1 aliphatic heterocycles. The summed E-state index contributed by atoms with van der Waals surface area (Å²) in [6.07, 6.45) is 5.19. The maximum Gasteiger partial charge on any atom is 0.233 e. The minimum atomic E-state index is -0.116.